The van der Waals surface area contributed by atoms with Crippen molar-refractivity contribution in [3.8, 4) is 11.1 Å². The summed E-state index contributed by atoms with van der Waals surface area (Å²) in [5, 5.41) is 0. The van der Waals surface area contributed by atoms with Crippen LogP contribution in [0.3, 0.4) is 0 Å². The van der Waals surface area contributed by atoms with Crippen LogP contribution in [0.1, 0.15) is 37.3 Å². The molecule has 0 saturated carbocycles. The van der Waals surface area contributed by atoms with Gasteiger partial charge in [0.25, 0.3) is 0 Å². The normalized spacial score (nSPS) is 16.2. The Morgan fingerprint density at radius 1 is 1.12 bits per heavy atom. The minimum absolute atomic E-state index is 0.0202. The largest absolute Gasteiger partial charge is 0.462 e. The second kappa shape index (κ2) is 9.00. The van der Waals surface area contributed by atoms with Crippen molar-refractivity contribution in [1.29, 1.82) is 0 Å². The van der Waals surface area contributed by atoms with Crippen molar-refractivity contribution in [3.63, 3.8) is 0 Å². The fourth-order valence-electron chi connectivity index (χ4n) is 3.45. The Morgan fingerprint density at radius 2 is 1.85 bits per heavy atom. The van der Waals surface area contributed by atoms with Gasteiger partial charge < -0.3 is 9.47 Å². The van der Waals surface area contributed by atoms with Crippen LogP contribution >= 0.6 is 0 Å². The molecule has 0 aliphatic carbocycles. The van der Waals surface area contributed by atoms with E-state index < -0.39 is 0 Å². The maximum atomic E-state index is 12.6. The zero-order valence-corrected chi connectivity index (χ0v) is 15.7. The van der Waals surface area contributed by atoms with E-state index in [1.165, 1.54) is 22.3 Å². The Kier molecular flexibility index (Phi) is 6.45. The lowest BCUT2D eigenvalue weighted by Gasteiger charge is -2.24. The summed E-state index contributed by atoms with van der Waals surface area (Å²) in [6.45, 7) is 5.56. The third kappa shape index (κ3) is 4.73. The predicted octanol–water partition coefficient (Wildman–Crippen LogP) is 4.95. The third-order valence-electron chi connectivity index (χ3n) is 5.19. The van der Waals surface area contributed by atoms with Crippen LogP contribution in [0.5, 0.6) is 0 Å². The van der Waals surface area contributed by atoms with E-state index in [2.05, 4.69) is 56.3 Å². The smallest absolute Gasteiger partial charge is 0.309 e. The van der Waals surface area contributed by atoms with E-state index in [0.29, 0.717) is 13.2 Å². The Hall–Kier alpha value is -2.13. The number of esters is 1. The first-order valence-electron chi connectivity index (χ1n) is 9.60. The van der Waals surface area contributed by atoms with Crippen LogP contribution in [-0.4, -0.2) is 25.3 Å². The summed E-state index contributed by atoms with van der Waals surface area (Å²) < 4.78 is 11.1. The van der Waals surface area contributed by atoms with Crippen LogP contribution in [0, 0.1) is 12.8 Å². The molecule has 0 radical (unpaired) electrons. The lowest BCUT2D eigenvalue weighted by Crippen LogP contribution is -2.30. The third-order valence-corrected chi connectivity index (χ3v) is 5.19. The summed E-state index contributed by atoms with van der Waals surface area (Å²) in [5.41, 5.74) is 4.88. The Bertz CT molecular complexity index is 717. The maximum absolute atomic E-state index is 12.6. The molecule has 3 rings (SSSR count). The van der Waals surface area contributed by atoms with Gasteiger partial charge in [0.15, 0.2) is 0 Å². The molecule has 1 aliphatic heterocycles. The summed E-state index contributed by atoms with van der Waals surface area (Å²) in [5.74, 6) is -0.148. The molecule has 0 N–H and O–H groups in total. The van der Waals surface area contributed by atoms with Gasteiger partial charge in [-0.3, -0.25) is 4.79 Å². The van der Waals surface area contributed by atoms with Gasteiger partial charge in [-0.05, 0) is 42.0 Å². The van der Waals surface area contributed by atoms with E-state index in [9.17, 15) is 4.79 Å². The number of benzene rings is 2. The number of rotatable bonds is 6. The molecule has 1 saturated heterocycles. The molecule has 1 aliphatic rings. The van der Waals surface area contributed by atoms with Crippen molar-refractivity contribution in [2.24, 2.45) is 5.92 Å². The zero-order chi connectivity index (χ0) is 18.4. The molecule has 2 aromatic rings. The summed E-state index contributed by atoms with van der Waals surface area (Å²) >= 11 is 0. The molecule has 1 heterocycles. The molecule has 1 unspecified atom stereocenters. The topological polar surface area (TPSA) is 35.5 Å². The molecular formula is C23H28O3. The zero-order valence-electron chi connectivity index (χ0n) is 15.7. The van der Waals surface area contributed by atoms with Crippen LogP contribution in [0.2, 0.25) is 0 Å². The van der Waals surface area contributed by atoms with Crippen LogP contribution < -0.4 is 0 Å². The molecule has 138 valence electrons. The van der Waals surface area contributed by atoms with E-state index in [1.54, 1.807) is 0 Å². The highest BCUT2D eigenvalue weighted by molar-refractivity contribution is 5.73. The number of hydrogen-bond acceptors (Lipinski definition) is 3. The molecule has 3 heteroatoms. The molecule has 0 aromatic heterocycles. The van der Waals surface area contributed by atoms with Crippen molar-refractivity contribution >= 4 is 5.97 Å². The van der Waals surface area contributed by atoms with Crippen molar-refractivity contribution in [2.75, 3.05) is 13.2 Å². The summed E-state index contributed by atoms with van der Waals surface area (Å²) in [7, 11) is 0. The SMILES string of the molecule is CCC(Cc1ccc(-c2ccccc2)cc1C)C(=O)OC1CCOCC1. The van der Waals surface area contributed by atoms with Gasteiger partial charge in [0.1, 0.15) is 6.10 Å². The van der Waals surface area contributed by atoms with Gasteiger partial charge in [0, 0.05) is 12.8 Å². The van der Waals surface area contributed by atoms with E-state index >= 15 is 0 Å². The van der Waals surface area contributed by atoms with E-state index in [-0.39, 0.29) is 18.0 Å². The van der Waals surface area contributed by atoms with Crippen LogP contribution in [0.25, 0.3) is 11.1 Å². The van der Waals surface area contributed by atoms with Crippen molar-refractivity contribution in [2.45, 2.75) is 45.6 Å². The molecule has 0 spiro atoms. The molecule has 0 amide bonds. The molecule has 2 aromatic carbocycles. The highest BCUT2D eigenvalue weighted by atomic mass is 16.6. The highest BCUT2D eigenvalue weighted by Gasteiger charge is 2.24. The minimum atomic E-state index is -0.0841. The van der Waals surface area contributed by atoms with Gasteiger partial charge in [-0.25, -0.2) is 0 Å². The first-order chi connectivity index (χ1) is 12.7. The van der Waals surface area contributed by atoms with Gasteiger partial charge in [-0.1, -0.05) is 55.5 Å². The summed E-state index contributed by atoms with van der Waals surface area (Å²) in [6.07, 6.45) is 3.17. The van der Waals surface area contributed by atoms with Crippen LogP contribution in [0.4, 0.5) is 0 Å². The Balaban J connectivity index is 1.67. The first kappa shape index (κ1) is 18.7. The van der Waals surface area contributed by atoms with Crippen molar-refractivity contribution < 1.29 is 14.3 Å². The quantitative estimate of drug-likeness (QED) is 0.690. The Labute approximate surface area is 156 Å². The molecule has 1 atom stereocenters. The molecule has 1 fully saturated rings. The van der Waals surface area contributed by atoms with Gasteiger partial charge in [-0.15, -0.1) is 0 Å². The van der Waals surface area contributed by atoms with Crippen molar-refractivity contribution in [1.82, 2.24) is 0 Å². The summed E-state index contributed by atoms with van der Waals surface area (Å²) in [6, 6.07) is 16.9. The van der Waals surface area contributed by atoms with Crippen LogP contribution in [-0.2, 0) is 20.7 Å². The van der Waals surface area contributed by atoms with Gasteiger partial charge >= 0.3 is 5.97 Å². The number of carbonyl (C=O) groups excluding carboxylic acids is 1. The van der Waals surface area contributed by atoms with E-state index in [4.69, 9.17) is 9.47 Å². The molecule has 3 nitrogen and oxygen atoms in total. The molecule has 26 heavy (non-hydrogen) atoms. The second-order valence-electron chi connectivity index (χ2n) is 7.07. The average molecular weight is 352 g/mol. The lowest BCUT2D eigenvalue weighted by molar-refractivity contribution is -0.158. The fourth-order valence-corrected chi connectivity index (χ4v) is 3.45. The monoisotopic (exact) mass is 352 g/mol. The van der Waals surface area contributed by atoms with E-state index in [1.807, 2.05) is 6.07 Å². The Morgan fingerprint density at radius 3 is 2.50 bits per heavy atom. The van der Waals surface area contributed by atoms with Crippen molar-refractivity contribution in [3.05, 3.63) is 59.7 Å². The lowest BCUT2D eigenvalue weighted by atomic mass is 9.92. The number of hydrogen-bond donors (Lipinski definition) is 0. The first-order valence-corrected chi connectivity index (χ1v) is 9.60. The fraction of sp³-hybridized carbons (Fsp3) is 0.435. The van der Waals surface area contributed by atoms with E-state index in [0.717, 1.165) is 25.7 Å². The van der Waals surface area contributed by atoms with Gasteiger partial charge in [0.2, 0.25) is 0 Å². The average Bonchev–Trinajstić information content (AvgIpc) is 2.68. The van der Waals surface area contributed by atoms with Gasteiger partial charge in [0.05, 0.1) is 19.1 Å². The predicted molar refractivity (Wildman–Crippen MR) is 104 cm³/mol. The second-order valence-corrected chi connectivity index (χ2v) is 7.07. The standard InChI is InChI=1S/C23H28O3/c1-3-18(23(24)26-22-11-13-25-14-12-22)16-20-9-10-21(15-17(20)2)19-7-5-4-6-8-19/h4-10,15,18,22H,3,11-14,16H2,1-2H3. The maximum Gasteiger partial charge on any atom is 0.309 e. The molecule has 0 bridgehead atoms. The molecular weight excluding hydrogens is 324 g/mol. The summed E-state index contributed by atoms with van der Waals surface area (Å²) in [4.78, 5) is 12.6. The number of ether oxygens (including phenoxy) is 2. The number of aryl methyl sites for hydroxylation is 1. The number of carbonyl (C=O) groups is 1. The minimum Gasteiger partial charge on any atom is -0.462 e. The highest BCUT2D eigenvalue weighted by Crippen LogP contribution is 2.25. The van der Waals surface area contributed by atoms with Gasteiger partial charge in [-0.2, -0.15) is 0 Å². The van der Waals surface area contributed by atoms with Crippen LogP contribution in [0.15, 0.2) is 48.5 Å².